The number of carbonyl (C=O) groups is 1. The van der Waals surface area contributed by atoms with Crippen LogP contribution in [-0.4, -0.2) is 12.5 Å². The molecule has 0 saturated carbocycles. The van der Waals surface area contributed by atoms with E-state index in [9.17, 15) is 4.79 Å². The van der Waals surface area contributed by atoms with Gasteiger partial charge in [0.15, 0.2) is 0 Å². The summed E-state index contributed by atoms with van der Waals surface area (Å²) in [4.78, 5) is 11.8. The Balaban J connectivity index is 1.90. The average Bonchev–Trinajstić information content (AvgIpc) is 2.54. The number of hydrogen-bond acceptors (Lipinski definition) is 2. The van der Waals surface area contributed by atoms with Gasteiger partial charge < -0.3 is 10.1 Å². The number of anilines is 1. The van der Waals surface area contributed by atoms with Gasteiger partial charge in [-0.25, -0.2) is 0 Å². The zero-order chi connectivity index (χ0) is 15.8. The number of hydrogen-bond donors (Lipinski definition) is 1. The maximum Gasteiger partial charge on any atom is 0.248 e. The Morgan fingerprint density at radius 3 is 2.45 bits per heavy atom. The molecule has 0 aliphatic carbocycles. The van der Waals surface area contributed by atoms with Crippen molar-refractivity contribution in [1.82, 2.24) is 0 Å². The normalized spacial score (nSPS) is 10.6. The van der Waals surface area contributed by atoms with E-state index in [1.165, 1.54) is 6.08 Å². The van der Waals surface area contributed by atoms with Crippen LogP contribution in [0, 0.1) is 0 Å². The van der Waals surface area contributed by atoms with Gasteiger partial charge >= 0.3 is 0 Å². The van der Waals surface area contributed by atoms with Gasteiger partial charge in [0.2, 0.25) is 5.91 Å². The smallest absolute Gasteiger partial charge is 0.248 e. The van der Waals surface area contributed by atoms with Gasteiger partial charge in [0.05, 0.1) is 6.61 Å². The maximum absolute atomic E-state index is 11.8. The highest BCUT2D eigenvalue weighted by Crippen LogP contribution is 2.15. The number of halogens is 1. The molecule has 0 atom stereocenters. The fraction of sp³-hybridized carbons (Fsp3) is 0.167. The van der Waals surface area contributed by atoms with Crippen LogP contribution in [0.5, 0.6) is 5.75 Å². The minimum Gasteiger partial charge on any atom is -0.494 e. The lowest BCUT2D eigenvalue weighted by Crippen LogP contribution is -2.07. The predicted octanol–water partition coefficient (Wildman–Crippen LogP) is 4.78. The molecule has 114 valence electrons. The van der Waals surface area contributed by atoms with E-state index in [0.717, 1.165) is 17.7 Å². The van der Waals surface area contributed by atoms with Crippen LogP contribution in [0.25, 0.3) is 6.08 Å². The summed E-state index contributed by atoms with van der Waals surface area (Å²) >= 11 is 5.80. The Kier molecular flexibility index (Phi) is 6.04. The molecular formula is C18H18ClNO2. The molecule has 1 amide bonds. The second kappa shape index (κ2) is 8.25. The lowest BCUT2D eigenvalue weighted by molar-refractivity contribution is -0.111. The highest BCUT2D eigenvalue weighted by molar-refractivity contribution is 6.30. The van der Waals surface area contributed by atoms with Crippen molar-refractivity contribution in [3.8, 4) is 5.75 Å². The predicted molar refractivity (Wildman–Crippen MR) is 91.3 cm³/mol. The first-order chi connectivity index (χ1) is 10.7. The molecule has 0 saturated heterocycles. The van der Waals surface area contributed by atoms with Gasteiger partial charge in [0.1, 0.15) is 5.75 Å². The van der Waals surface area contributed by atoms with E-state index in [1.807, 2.05) is 24.3 Å². The Morgan fingerprint density at radius 1 is 1.14 bits per heavy atom. The molecule has 22 heavy (non-hydrogen) atoms. The molecule has 1 N–H and O–H groups in total. The van der Waals surface area contributed by atoms with Crippen molar-refractivity contribution in [3.63, 3.8) is 0 Å². The summed E-state index contributed by atoms with van der Waals surface area (Å²) in [6.45, 7) is 2.77. The Morgan fingerprint density at radius 2 is 1.82 bits per heavy atom. The summed E-state index contributed by atoms with van der Waals surface area (Å²) in [7, 11) is 0. The summed E-state index contributed by atoms with van der Waals surface area (Å²) in [5.74, 6) is 0.651. The number of nitrogens with one attached hydrogen (secondary N) is 1. The fourth-order valence-corrected chi connectivity index (χ4v) is 1.91. The van der Waals surface area contributed by atoms with E-state index >= 15 is 0 Å². The quantitative estimate of drug-likeness (QED) is 0.779. The number of rotatable bonds is 6. The third-order valence-corrected chi connectivity index (χ3v) is 3.14. The number of ether oxygens (including phenoxy) is 1. The third-order valence-electron chi connectivity index (χ3n) is 2.89. The van der Waals surface area contributed by atoms with Crippen LogP contribution in [0.1, 0.15) is 18.9 Å². The topological polar surface area (TPSA) is 38.3 Å². The largest absolute Gasteiger partial charge is 0.494 e. The minimum absolute atomic E-state index is 0.186. The first-order valence-corrected chi connectivity index (χ1v) is 7.52. The molecule has 2 aromatic carbocycles. The summed E-state index contributed by atoms with van der Waals surface area (Å²) in [5.41, 5.74) is 1.65. The average molecular weight is 316 g/mol. The standard InChI is InChI=1S/C18H18ClNO2/c1-2-13-22-17-10-3-14(4-11-17)5-12-18(21)20-16-8-6-15(19)7-9-16/h3-12H,2,13H2,1H3,(H,20,21)/b12-5+. The van der Waals surface area contributed by atoms with Gasteiger partial charge in [-0.05, 0) is 54.5 Å². The van der Waals surface area contributed by atoms with Gasteiger partial charge in [-0.3, -0.25) is 4.79 Å². The van der Waals surface area contributed by atoms with E-state index in [1.54, 1.807) is 30.3 Å². The van der Waals surface area contributed by atoms with E-state index in [2.05, 4.69) is 12.2 Å². The van der Waals surface area contributed by atoms with Gasteiger partial charge in [0.25, 0.3) is 0 Å². The third kappa shape index (κ3) is 5.26. The van der Waals surface area contributed by atoms with Crippen molar-refractivity contribution < 1.29 is 9.53 Å². The second-order valence-electron chi connectivity index (χ2n) is 4.75. The molecule has 0 unspecified atom stereocenters. The summed E-state index contributed by atoms with van der Waals surface area (Å²) < 4.78 is 5.51. The van der Waals surface area contributed by atoms with Crippen LogP contribution in [0.3, 0.4) is 0 Å². The zero-order valence-electron chi connectivity index (χ0n) is 12.4. The van der Waals surface area contributed by atoms with Crippen LogP contribution in [-0.2, 0) is 4.79 Å². The Bertz CT molecular complexity index is 633. The first kappa shape index (κ1) is 16.1. The molecule has 2 rings (SSSR count). The summed E-state index contributed by atoms with van der Waals surface area (Å²) in [6.07, 6.45) is 4.23. The lowest BCUT2D eigenvalue weighted by Gasteiger charge is -2.04. The Hall–Kier alpha value is -2.26. The summed E-state index contributed by atoms with van der Waals surface area (Å²) in [5, 5.41) is 3.41. The first-order valence-electron chi connectivity index (χ1n) is 7.15. The molecular weight excluding hydrogens is 298 g/mol. The highest BCUT2D eigenvalue weighted by Gasteiger charge is 1.98. The van der Waals surface area contributed by atoms with Crippen molar-refractivity contribution in [3.05, 3.63) is 65.2 Å². The molecule has 0 radical (unpaired) electrons. The van der Waals surface area contributed by atoms with E-state index in [-0.39, 0.29) is 5.91 Å². The van der Waals surface area contributed by atoms with E-state index in [4.69, 9.17) is 16.3 Å². The monoisotopic (exact) mass is 315 g/mol. The van der Waals surface area contributed by atoms with Crippen molar-refractivity contribution in [2.45, 2.75) is 13.3 Å². The molecule has 0 bridgehead atoms. The number of carbonyl (C=O) groups excluding carboxylic acids is 1. The summed E-state index contributed by atoms with van der Waals surface area (Å²) in [6, 6.07) is 14.6. The van der Waals surface area contributed by atoms with Crippen LogP contribution in [0.4, 0.5) is 5.69 Å². The molecule has 0 heterocycles. The van der Waals surface area contributed by atoms with Crippen LogP contribution in [0.2, 0.25) is 5.02 Å². The molecule has 0 aliphatic heterocycles. The number of amides is 1. The van der Waals surface area contributed by atoms with Gasteiger partial charge in [-0.15, -0.1) is 0 Å². The number of benzene rings is 2. The fourth-order valence-electron chi connectivity index (χ4n) is 1.78. The van der Waals surface area contributed by atoms with Crippen LogP contribution < -0.4 is 10.1 Å². The van der Waals surface area contributed by atoms with Crippen molar-refractivity contribution in [1.29, 1.82) is 0 Å². The van der Waals surface area contributed by atoms with E-state index < -0.39 is 0 Å². The highest BCUT2D eigenvalue weighted by atomic mass is 35.5. The second-order valence-corrected chi connectivity index (χ2v) is 5.18. The Labute approximate surface area is 135 Å². The molecule has 0 aromatic heterocycles. The SMILES string of the molecule is CCCOc1ccc(/C=C/C(=O)Nc2ccc(Cl)cc2)cc1. The van der Waals surface area contributed by atoms with Gasteiger partial charge in [-0.1, -0.05) is 30.7 Å². The molecule has 2 aromatic rings. The van der Waals surface area contributed by atoms with Crippen molar-refractivity contribution in [2.24, 2.45) is 0 Å². The minimum atomic E-state index is -0.186. The van der Waals surface area contributed by atoms with Crippen LogP contribution >= 0.6 is 11.6 Å². The maximum atomic E-state index is 11.8. The van der Waals surface area contributed by atoms with E-state index in [0.29, 0.717) is 17.3 Å². The van der Waals surface area contributed by atoms with Crippen molar-refractivity contribution in [2.75, 3.05) is 11.9 Å². The molecule has 4 heteroatoms. The molecule has 3 nitrogen and oxygen atoms in total. The zero-order valence-corrected chi connectivity index (χ0v) is 13.1. The molecule has 0 spiro atoms. The van der Waals surface area contributed by atoms with Crippen LogP contribution in [0.15, 0.2) is 54.6 Å². The molecule has 0 fully saturated rings. The van der Waals surface area contributed by atoms with Gasteiger partial charge in [-0.2, -0.15) is 0 Å². The van der Waals surface area contributed by atoms with Gasteiger partial charge in [0, 0.05) is 16.8 Å². The lowest BCUT2D eigenvalue weighted by atomic mass is 10.2. The molecule has 0 aliphatic rings. The van der Waals surface area contributed by atoms with Crippen molar-refractivity contribution >= 4 is 29.3 Å².